The van der Waals surface area contributed by atoms with Crippen LogP contribution >= 0.6 is 0 Å². The van der Waals surface area contributed by atoms with Gasteiger partial charge in [-0.1, -0.05) is 44.4 Å². The van der Waals surface area contributed by atoms with E-state index in [9.17, 15) is 9.59 Å². The lowest BCUT2D eigenvalue weighted by molar-refractivity contribution is -0.166. The van der Waals surface area contributed by atoms with Gasteiger partial charge in [0.25, 0.3) is 5.91 Å². The molecule has 1 saturated heterocycles. The fourth-order valence-corrected chi connectivity index (χ4v) is 4.59. The fraction of sp³-hybridized carbons (Fsp3) is 0.524. The zero-order chi connectivity index (χ0) is 18.3. The van der Waals surface area contributed by atoms with Crippen LogP contribution < -0.4 is 0 Å². The minimum Gasteiger partial charge on any atom is -0.356 e. The molecule has 3 heterocycles. The van der Waals surface area contributed by atoms with E-state index in [2.05, 4.69) is 18.0 Å². The van der Waals surface area contributed by atoms with E-state index in [1.165, 1.54) is 17.4 Å². The maximum absolute atomic E-state index is 13.4. The highest BCUT2D eigenvalue weighted by Gasteiger charge is 2.53. The van der Waals surface area contributed by atoms with Crippen LogP contribution in [0.2, 0.25) is 0 Å². The van der Waals surface area contributed by atoms with E-state index in [0.717, 1.165) is 36.9 Å². The van der Waals surface area contributed by atoms with Gasteiger partial charge in [0, 0.05) is 24.0 Å². The van der Waals surface area contributed by atoms with Gasteiger partial charge in [-0.15, -0.1) is 0 Å². The van der Waals surface area contributed by atoms with Crippen LogP contribution in [-0.4, -0.2) is 46.2 Å². The van der Waals surface area contributed by atoms with E-state index in [0.29, 0.717) is 13.1 Å². The summed E-state index contributed by atoms with van der Waals surface area (Å²) in [6.07, 6.45) is 5.20. The molecular formula is C21H27N3O2. The van der Waals surface area contributed by atoms with Crippen LogP contribution in [0.1, 0.15) is 50.8 Å². The number of hydrogen-bond acceptors (Lipinski definition) is 2. The lowest BCUT2D eigenvalue weighted by Crippen LogP contribution is -2.67. The zero-order valence-corrected chi connectivity index (χ0v) is 15.7. The van der Waals surface area contributed by atoms with Gasteiger partial charge >= 0.3 is 0 Å². The lowest BCUT2D eigenvalue weighted by Gasteiger charge is -2.49. The van der Waals surface area contributed by atoms with Crippen molar-refractivity contribution in [3.05, 3.63) is 35.5 Å². The van der Waals surface area contributed by atoms with Crippen LogP contribution in [0.25, 0.3) is 10.9 Å². The van der Waals surface area contributed by atoms with Crippen molar-refractivity contribution in [2.45, 2.75) is 51.5 Å². The molecule has 1 aromatic carbocycles. The largest absolute Gasteiger partial charge is 0.356 e. The number of benzene rings is 1. The van der Waals surface area contributed by atoms with Crippen molar-refractivity contribution in [1.29, 1.82) is 0 Å². The Balaban J connectivity index is 1.71. The Morgan fingerprint density at radius 2 is 1.96 bits per heavy atom. The Morgan fingerprint density at radius 3 is 2.77 bits per heavy atom. The van der Waals surface area contributed by atoms with Gasteiger partial charge in [0.05, 0.1) is 12.2 Å². The predicted octanol–water partition coefficient (Wildman–Crippen LogP) is 3.19. The summed E-state index contributed by atoms with van der Waals surface area (Å²) in [6, 6.07) is 8.16. The second-order valence-corrected chi connectivity index (χ2v) is 7.68. The van der Waals surface area contributed by atoms with Gasteiger partial charge in [0.1, 0.15) is 0 Å². The third-order valence-electron chi connectivity index (χ3n) is 6.04. The number of piperazine rings is 1. The first-order valence-corrected chi connectivity index (χ1v) is 9.77. The Hall–Kier alpha value is -2.30. The van der Waals surface area contributed by atoms with E-state index in [1.807, 2.05) is 25.1 Å². The highest BCUT2D eigenvalue weighted by Crippen LogP contribution is 2.41. The van der Waals surface area contributed by atoms with Crippen molar-refractivity contribution < 1.29 is 9.59 Å². The average Bonchev–Trinajstić information content (AvgIpc) is 3.03. The number of aromatic amines is 1. The van der Waals surface area contributed by atoms with Crippen LogP contribution in [0.5, 0.6) is 0 Å². The maximum atomic E-state index is 13.4. The number of aromatic nitrogens is 1. The molecule has 1 aromatic heterocycles. The van der Waals surface area contributed by atoms with Crippen LogP contribution in [0, 0.1) is 0 Å². The van der Waals surface area contributed by atoms with Crippen LogP contribution in [0.4, 0.5) is 0 Å². The molecular weight excluding hydrogens is 326 g/mol. The van der Waals surface area contributed by atoms with Crippen LogP contribution in [-0.2, 0) is 21.5 Å². The first kappa shape index (κ1) is 17.1. The van der Waals surface area contributed by atoms with E-state index in [1.54, 1.807) is 9.80 Å². The number of carbonyl (C=O) groups excluding carboxylic acids is 2. The third-order valence-corrected chi connectivity index (χ3v) is 6.04. The maximum Gasteiger partial charge on any atom is 0.254 e. The molecule has 1 atom stereocenters. The number of nitrogens with one attached hydrogen (secondary N) is 1. The van der Waals surface area contributed by atoms with Gasteiger partial charge in [0.2, 0.25) is 5.91 Å². The topological polar surface area (TPSA) is 56.4 Å². The molecule has 4 rings (SSSR count). The van der Waals surface area contributed by atoms with E-state index >= 15 is 0 Å². The van der Waals surface area contributed by atoms with Gasteiger partial charge in [-0.05, 0) is 31.4 Å². The van der Waals surface area contributed by atoms with Crippen molar-refractivity contribution in [2.75, 3.05) is 19.6 Å². The van der Waals surface area contributed by atoms with Crippen LogP contribution in [0.3, 0.4) is 0 Å². The number of amides is 2. The van der Waals surface area contributed by atoms with E-state index < -0.39 is 5.54 Å². The molecule has 5 nitrogen and oxygen atoms in total. The quantitative estimate of drug-likeness (QED) is 0.839. The van der Waals surface area contributed by atoms with E-state index in [-0.39, 0.29) is 18.4 Å². The molecule has 2 aromatic rings. The summed E-state index contributed by atoms with van der Waals surface area (Å²) in [7, 11) is 0. The summed E-state index contributed by atoms with van der Waals surface area (Å²) in [4.78, 5) is 33.3. The monoisotopic (exact) mass is 353 g/mol. The number of fused-ring (bicyclic) bond motifs is 5. The number of rotatable bonds is 5. The van der Waals surface area contributed by atoms with Gasteiger partial charge in [0.15, 0.2) is 5.54 Å². The molecule has 0 bridgehead atoms. The summed E-state index contributed by atoms with van der Waals surface area (Å²) < 4.78 is 0. The summed E-state index contributed by atoms with van der Waals surface area (Å²) in [5.41, 5.74) is 2.22. The van der Waals surface area contributed by atoms with Crippen molar-refractivity contribution in [3.63, 3.8) is 0 Å². The lowest BCUT2D eigenvalue weighted by atomic mass is 9.83. The Kier molecular flexibility index (Phi) is 4.25. The molecule has 2 aliphatic heterocycles. The van der Waals surface area contributed by atoms with Gasteiger partial charge in [-0.2, -0.15) is 0 Å². The number of carbonyl (C=O) groups is 2. The number of H-pyrrole nitrogens is 1. The number of unbranched alkanes of at least 4 members (excludes halogenated alkanes) is 3. The van der Waals surface area contributed by atoms with Crippen molar-refractivity contribution in [2.24, 2.45) is 0 Å². The number of nitrogens with zero attached hydrogens (tertiary/aromatic N) is 2. The zero-order valence-electron chi connectivity index (χ0n) is 15.7. The summed E-state index contributed by atoms with van der Waals surface area (Å²) in [5.74, 6) is 0.119. The second-order valence-electron chi connectivity index (χ2n) is 7.68. The Labute approximate surface area is 154 Å². The van der Waals surface area contributed by atoms with Crippen molar-refractivity contribution in [3.8, 4) is 0 Å². The smallest absolute Gasteiger partial charge is 0.254 e. The van der Waals surface area contributed by atoms with Gasteiger partial charge in [-0.3, -0.25) is 9.59 Å². The van der Waals surface area contributed by atoms with Gasteiger partial charge in [-0.25, -0.2) is 0 Å². The van der Waals surface area contributed by atoms with Crippen molar-refractivity contribution in [1.82, 2.24) is 14.8 Å². The number of hydrogen-bond donors (Lipinski definition) is 1. The molecule has 0 unspecified atom stereocenters. The molecule has 0 spiro atoms. The molecule has 5 heteroatoms. The first-order chi connectivity index (χ1) is 12.6. The minimum atomic E-state index is -0.910. The van der Waals surface area contributed by atoms with Crippen molar-refractivity contribution >= 4 is 22.7 Å². The van der Waals surface area contributed by atoms with Gasteiger partial charge < -0.3 is 14.8 Å². The normalized spacial score (nSPS) is 22.7. The molecule has 138 valence electrons. The second kappa shape index (κ2) is 6.45. The molecule has 0 saturated carbocycles. The Morgan fingerprint density at radius 1 is 1.15 bits per heavy atom. The highest BCUT2D eigenvalue weighted by atomic mass is 16.2. The molecule has 2 amide bonds. The number of para-hydroxylation sites is 1. The molecule has 2 aliphatic rings. The Bertz CT molecular complexity index is 856. The predicted molar refractivity (Wildman–Crippen MR) is 102 cm³/mol. The van der Waals surface area contributed by atoms with E-state index in [4.69, 9.17) is 0 Å². The molecule has 26 heavy (non-hydrogen) atoms. The summed E-state index contributed by atoms with van der Waals surface area (Å²) in [5, 5.41) is 1.17. The summed E-state index contributed by atoms with van der Waals surface area (Å²) >= 11 is 0. The summed E-state index contributed by atoms with van der Waals surface area (Å²) in [6.45, 7) is 5.59. The fourth-order valence-electron chi connectivity index (χ4n) is 4.59. The molecule has 1 N–H and O–H groups in total. The SMILES string of the molecule is CCCCCCN1CC(=O)N2CCc3c([nH]c4ccccc34)[C@]2(C)C1=O. The minimum absolute atomic E-state index is 0.0566. The average molecular weight is 353 g/mol. The highest BCUT2D eigenvalue weighted by molar-refractivity contribution is 6.00. The molecule has 1 fully saturated rings. The van der Waals surface area contributed by atoms with Crippen LogP contribution in [0.15, 0.2) is 24.3 Å². The first-order valence-electron chi connectivity index (χ1n) is 9.77. The third kappa shape index (κ3) is 2.44. The molecule has 0 radical (unpaired) electrons. The molecule has 0 aliphatic carbocycles. The standard InChI is InChI=1S/C21H27N3O2/c1-3-4-5-8-12-23-14-18(25)24-13-11-16-15-9-6-7-10-17(15)22-19(16)21(24,2)20(23)26/h6-7,9-10,22H,3-5,8,11-14H2,1-2H3/t21-/m1/s1.